The predicted octanol–water partition coefficient (Wildman–Crippen LogP) is 1.05. The molecule has 1 unspecified atom stereocenters. The number of aromatic nitrogens is 1. The van der Waals surface area contributed by atoms with E-state index in [0.29, 0.717) is 12.1 Å². The van der Waals surface area contributed by atoms with Gasteiger partial charge in [0.15, 0.2) is 9.84 Å². The van der Waals surface area contributed by atoms with Crippen LogP contribution in [-0.2, 0) is 14.6 Å². The van der Waals surface area contributed by atoms with E-state index in [2.05, 4.69) is 20.9 Å². The molecule has 9 heteroatoms. The highest BCUT2D eigenvalue weighted by atomic mass is 32.2. The van der Waals surface area contributed by atoms with Gasteiger partial charge in [0.05, 0.1) is 28.9 Å². The second-order valence-electron chi connectivity index (χ2n) is 6.22. The molecule has 1 aliphatic rings. The number of hydrogen-bond donors (Lipinski definition) is 3. The molecule has 26 heavy (non-hydrogen) atoms. The first-order valence-corrected chi connectivity index (χ1v) is 10.1. The van der Waals surface area contributed by atoms with Crippen molar-refractivity contribution in [2.75, 3.05) is 23.4 Å². The monoisotopic (exact) mass is 376 g/mol. The first-order valence-electron chi connectivity index (χ1n) is 8.31. The number of rotatable bonds is 5. The van der Waals surface area contributed by atoms with Crippen molar-refractivity contribution in [3.05, 3.63) is 36.5 Å². The van der Waals surface area contributed by atoms with Gasteiger partial charge in [-0.05, 0) is 18.6 Å². The van der Waals surface area contributed by atoms with Gasteiger partial charge in [-0.25, -0.2) is 13.2 Å². The van der Waals surface area contributed by atoms with E-state index in [1.807, 2.05) is 30.3 Å². The Bertz CT molecular complexity index is 929. The van der Waals surface area contributed by atoms with Gasteiger partial charge < -0.3 is 16.0 Å². The molecule has 2 aromatic rings. The quantitative estimate of drug-likeness (QED) is 0.721. The molecule has 0 bridgehead atoms. The lowest BCUT2D eigenvalue weighted by molar-refractivity contribution is -0.121. The van der Waals surface area contributed by atoms with Crippen LogP contribution in [0, 0.1) is 0 Å². The first kappa shape index (κ1) is 18.1. The van der Waals surface area contributed by atoms with Crippen LogP contribution in [0.15, 0.2) is 36.5 Å². The van der Waals surface area contributed by atoms with Crippen molar-refractivity contribution in [1.29, 1.82) is 0 Å². The molecule has 0 radical (unpaired) electrons. The fraction of sp³-hybridized carbons (Fsp3) is 0.353. The molecule has 1 saturated heterocycles. The van der Waals surface area contributed by atoms with Gasteiger partial charge in [-0.3, -0.25) is 9.78 Å². The number of nitrogens with one attached hydrogen (secondary N) is 3. The zero-order valence-electron chi connectivity index (χ0n) is 14.1. The molecule has 1 atom stereocenters. The minimum atomic E-state index is -3.03. The van der Waals surface area contributed by atoms with Crippen molar-refractivity contribution >= 4 is 38.4 Å². The number of sulfone groups is 1. The smallest absolute Gasteiger partial charge is 0.319 e. The van der Waals surface area contributed by atoms with E-state index >= 15 is 0 Å². The standard InChI is InChI=1S/C17H20N4O4S/c22-16(20-13-6-8-26(24,25)11-13)5-7-18-17(23)21-14-9-12-3-1-2-4-15(12)19-10-14/h1-4,9-10,13H,5-8,11H2,(H,20,22)(H2,18,21,23). The number of hydrogen-bond acceptors (Lipinski definition) is 5. The highest BCUT2D eigenvalue weighted by Gasteiger charge is 2.28. The lowest BCUT2D eigenvalue weighted by atomic mass is 10.2. The number of para-hydroxylation sites is 1. The van der Waals surface area contributed by atoms with Crippen LogP contribution >= 0.6 is 0 Å². The molecule has 1 aromatic carbocycles. The molecule has 1 aromatic heterocycles. The van der Waals surface area contributed by atoms with Crippen LogP contribution in [0.5, 0.6) is 0 Å². The molecule has 0 saturated carbocycles. The van der Waals surface area contributed by atoms with Gasteiger partial charge in [0, 0.05) is 24.4 Å². The maximum absolute atomic E-state index is 11.9. The molecule has 3 amide bonds. The van der Waals surface area contributed by atoms with Crippen LogP contribution in [0.1, 0.15) is 12.8 Å². The second kappa shape index (κ2) is 7.69. The summed E-state index contributed by atoms with van der Waals surface area (Å²) in [6.45, 7) is 0.151. The Labute approximate surface area is 151 Å². The number of carbonyl (C=O) groups is 2. The van der Waals surface area contributed by atoms with Gasteiger partial charge in [-0.2, -0.15) is 0 Å². The summed E-state index contributed by atoms with van der Waals surface area (Å²) in [5, 5.41) is 8.85. The minimum Gasteiger partial charge on any atom is -0.352 e. The van der Waals surface area contributed by atoms with E-state index < -0.39 is 15.9 Å². The summed E-state index contributed by atoms with van der Waals surface area (Å²) in [5.74, 6) is -0.181. The first-order chi connectivity index (χ1) is 12.4. The highest BCUT2D eigenvalue weighted by Crippen LogP contribution is 2.15. The minimum absolute atomic E-state index is 0.0123. The topological polar surface area (TPSA) is 117 Å². The molecule has 8 nitrogen and oxygen atoms in total. The highest BCUT2D eigenvalue weighted by molar-refractivity contribution is 7.91. The van der Waals surface area contributed by atoms with Crippen molar-refractivity contribution in [2.45, 2.75) is 18.9 Å². The fourth-order valence-electron chi connectivity index (χ4n) is 2.81. The van der Waals surface area contributed by atoms with Crippen LogP contribution < -0.4 is 16.0 Å². The fourth-order valence-corrected chi connectivity index (χ4v) is 4.49. The average molecular weight is 376 g/mol. The number of fused-ring (bicyclic) bond motifs is 1. The summed E-state index contributed by atoms with van der Waals surface area (Å²) in [5.41, 5.74) is 1.39. The van der Waals surface area contributed by atoms with Gasteiger partial charge in [0.2, 0.25) is 5.91 Å². The molecule has 1 fully saturated rings. The molecule has 3 N–H and O–H groups in total. The number of benzene rings is 1. The Morgan fingerprint density at radius 3 is 2.81 bits per heavy atom. The van der Waals surface area contributed by atoms with Gasteiger partial charge in [0.25, 0.3) is 0 Å². The Hall–Kier alpha value is -2.68. The third-order valence-electron chi connectivity index (χ3n) is 4.08. The zero-order chi connectivity index (χ0) is 18.6. The maximum Gasteiger partial charge on any atom is 0.319 e. The number of amides is 3. The number of pyridine rings is 1. The van der Waals surface area contributed by atoms with Crippen molar-refractivity contribution in [2.24, 2.45) is 0 Å². The molecular formula is C17H20N4O4S. The van der Waals surface area contributed by atoms with Gasteiger partial charge in [-0.1, -0.05) is 18.2 Å². The SMILES string of the molecule is O=C(CCNC(=O)Nc1cnc2ccccc2c1)NC1CCS(=O)(=O)C1. The molecular weight excluding hydrogens is 356 g/mol. The number of nitrogens with zero attached hydrogens (tertiary/aromatic N) is 1. The third-order valence-corrected chi connectivity index (χ3v) is 5.85. The summed E-state index contributed by atoms with van der Waals surface area (Å²) in [4.78, 5) is 28.0. The molecule has 3 rings (SSSR count). The molecule has 138 valence electrons. The summed E-state index contributed by atoms with van der Waals surface area (Å²) in [6, 6.07) is 8.62. The Kier molecular flexibility index (Phi) is 5.36. The molecule has 1 aliphatic heterocycles. The van der Waals surface area contributed by atoms with Crippen LogP contribution in [0.3, 0.4) is 0 Å². The number of carbonyl (C=O) groups excluding carboxylic acids is 2. The lowest BCUT2D eigenvalue weighted by Gasteiger charge is -2.11. The van der Waals surface area contributed by atoms with E-state index in [1.54, 1.807) is 6.20 Å². The third kappa shape index (κ3) is 4.92. The lowest BCUT2D eigenvalue weighted by Crippen LogP contribution is -2.38. The van der Waals surface area contributed by atoms with Crippen molar-refractivity contribution in [3.63, 3.8) is 0 Å². The van der Waals surface area contributed by atoms with E-state index in [0.717, 1.165) is 10.9 Å². The molecule has 2 heterocycles. The average Bonchev–Trinajstić information content (AvgIpc) is 2.93. The summed E-state index contributed by atoms with van der Waals surface area (Å²) >= 11 is 0. The van der Waals surface area contributed by atoms with E-state index in [1.165, 1.54) is 0 Å². The normalized spacial score (nSPS) is 18.4. The zero-order valence-corrected chi connectivity index (χ0v) is 14.9. The molecule has 0 spiro atoms. The van der Waals surface area contributed by atoms with E-state index in [9.17, 15) is 18.0 Å². The van der Waals surface area contributed by atoms with E-state index in [4.69, 9.17) is 0 Å². The largest absolute Gasteiger partial charge is 0.352 e. The van der Waals surface area contributed by atoms with Gasteiger partial charge >= 0.3 is 6.03 Å². The summed E-state index contributed by atoms with van der Waals surface area (Å²) < 4.78 is 22.7. The van der Waals surface area contributed by atoms with Crippen molar-refractivity contribution < 1.29 is 18.0 Å². The maximum atomic E-state index is 11.9. The van der Waals surface area contributed by atoms with Crippen LogP contribution in [0.4, 0.5) is 10.5 Å². The number of anilines is 1. The van der Waals surface area contributed by atoms with Gasteiger partial charge in [0.1, 0.15) is 0 Å². The molecule has 0 aliphatic carbocycles. The second-order valence-corrected chi connectivity index (χ2v) is 8.44. The van der Waals surface area contributed by atoms with Crippen molar-refractivity contribution in [1.82, 2.24) is 15.6 Å². The van der Waals surface area contributed by atoms with Crippen molar-refractivity contribution in [3.8, 4) is 0 Å². The Balaban J connectivity index is 1.41. The van der Waals surface area contributed by atoms with Crippen LogP contribution in [-0.4, -0.2) is 49.4 Å². The Morgan fingerprint density at radius 1 is 1.23 bits per heavy atom. The van der Waals surface area contributed by atoms with Crippen LogP contribution in [0.2, 0.25) is 0 Å². The van der Waals surface area contributed by atoms with Crippen LogP contribution in [0.25, 0.3) is 10.9 Å². The summed E-state index contributed by atoms with van der Waals surface area (Å²) in [7, 11) is -3.03. The summed E-state index contributed by atoms with van der Waals surface area (Å²) in [6.07, 6.45) is 2.09. The predicted molar refractivity (Wildman–Crippen MR) is 98.6 cm³/mol. The van der Waals surface area contributed by atoms with E-state index in [-0.39, 0.29) is 36.4 Å². The van der Waals surface area contributed by atoms with Gasteiger partial charge in [-0.15, -0.1) is 0 Å². The Morgan fingerprint density at radius 2 is 2.04 bits per heavy atom. The number of urea groups is 1.